The standard InChI is InChI=1S/C14H16ClNO4/c15-12-5-4-10(17)7-11(12)13(18)16-9-3-1-2-8(6-9)14(19)20/h4-5,7-9,17H,1-3,6H2,(H,16,18)(H,19,20). The Kier molecular flexibility index (Phi) is 4.49. The van der Waals surface area contributed by atoms with Crippen molar-refractivity contribution in [3.8, 4) is 5.75 Å². The third-order valence-corrected chi connectivity index (χ3v) is 3.88. The average Bonchev–Trinajstić information content (AvgIpc) is 2.41. The molecule has 1 aromatic rings. The number of hydrogen-bond acceptors (Lipinski definition) is 3. The van der Waals surface area contributed by atoms with E-state index in [2.05, 4.69) is 5.32 Å². The number of aliphatic carboxylic acids is 1. The van der Waals surface area contributed by atoms with Gasteiger partial charge in [-0.15, -0.1) is 0 Å². The molecule has 1 amide bonds. The first-order valence-electron chi connectivity index (χ1n) is 6.49. The van der Waals surface area contributed by atoms with E-state index in [-0.39, 0.29) is 28.3 Å². The molecule has 1 fully saturated rings. The van der Waals surface area contributed by atoms with E-state index in [0.29, 0.717) is 12.8 Å². The SMILES string of the molecule is O=C(NC1CCCC(C(=O)O)C1)c1cc(O)ccc1Cl. The highest BCUT2D eigenvalue weighted by Gasteiger charge is 2.28. The molecule has 6 heteroatoms. The van der Waals surface area contributed by atoms with Gasteiger partial charge in [0, 0.05) is 6.04 Å². The first kappa shape index (κ1) is 14.7. The average molecular weight is 298 g/mol. The van der Waals surface area contributed by atoms with Crippen molar-refractivity contribution in [1.82, 2.24) is 5.32 Å². The zero-order chi connectivity index (χ0) is 14.7. The van der Waals surface area contributed by atoms with Gasteiger partial charge in [-0.1, -0.05) is 18.0 Å². The summed E-state index contributed by atoms with van der Waals surface area (Å²) < 4.78 is 0. The zero-order valence-corrected chi connectivity index (χ0v) is 11.6. The lowest BCUT2D eigenvalue weighted by molar-refractivity contribution is -0.143. The number of nitrogens with one attached hydrogen (secondary N) is 1. The Labute approximate surface area is 121 Å². The fourth-order valence-electron chi connectivity index (χ4n) is 2.50. The van der Waals surface area contributed by atoms with E-state index in [1.54, 1.807) is 0 Å². The monoisotopic (exact) mass is 297 g/mol. The smallest absolute Gasteiger partial charge is 0.306 e. The second-order valence-corrected chi connectivity index (χ2v) is 5.44. The Morgan fingerprint density at radius 2 is 2.05 bits per heavy atom. The summed E-state index contributed by atoms with van der Waals surface area (Å²) >= 11 is 5.92. The number of halogens is 1. The Morgan fingerprint density at radius 3 is 2.75 bits per heavy atom. The van der Waals surface area contributed by atoms with E-state index in [9.17, 15) is 14.7 Å². The van der Waals surface area contributed by atoms with Crippen molar-refractivity contribution in [2.45, 2.75) is 31.7 Å². The van der Waals surface area contributed by atoms with Gasteiger partial charge in [0.25, 0.3) is 5.91 Å². The topological polar surface area (TPSA) is 86.6 Å². The highest BCUT2D eigenvalue weighted by atomic mass is 35.5. The van der Waals surface area contributed by atoms with Crippen LogP contribution >= 0.6 is 11.6 Å². The normalized spacial score (nSPS) is 22.2. The van der Waals surface area contributed by atoms with E-state index in [0.717, 1.165) is 12.8 Å². The number of rotatable bonds is 3. The summed E-state index contributed by atoms with van der Waals surface area (Å²) in [5.41, 5.74) is 0.198. The Morgan fingerprint density at radius 1 is 1.30 bits per heavy atom. The van der Waals surface area contributed by atoms with Crippen molar-refractivity contribution in [3.05, 3.63) is 28.8 Å². The van der Waals surface area contributed by atoms with Crippen LogP contribution in [0.1, 0.15) is 36.0 Å². The number of amides is 1. The van der Waals surface area contributed by atoms with Gasteiger partial charge in [-0.2, -0.15) is 0 Å². The number of aromatic hydroxyl groups is 1. The molecule has 0 spiro atoms. The molecule has 1 aliphatic carbocycles. The molecule has 3 N–H and O–H groups in total. The van der Waals surface area contributed by atoms with Crippen LogP contribution in [0.25, 0.3) is 0 Å². The maximum atomic E-state index is 12.1. The highest BCUT2D eigenvalue weighted by molar-refractivity contribution is 6.33. The number of carbonyl (C=O) groups excluding carboxylic acids is 1. The van der Waals surface area contributed by atoms with Crippen LogP contribution in [0, 0.1) is 5.92 Å². The minimum Gasteiger partial charge on any atom is -0.508 e. The van der Waals surface area contributed by atoms with Crippen LogP contribution in [-0.4, -0.2) is 28.1 Å². The van der Waals surface area contributed by atoms with E-state index >= 15 is 0 Å². The number of phenols is 1. The molecule has 0 bridgehead atoms. The van der Waals surface area contributed by atoms with E-state index in [1.165, 1.54) is 18.2 Å². The number of hydrogen-bond donors (Lipinski definition) is 3. The molecule has 0 radical (unpaired) electrons. The second-order valence-electron chi connectivity index (χ2n) is 5.04. The van der Waals surface area contributed by atoms with Crippen molar-refractivity contribution >= 4 is 23.5 Å². The van der Waals surface area contributed by atoms with Crippen molar-refractivity contribution in [2.24, 2.45) is 5.92 Å². The van der Waals surface area contributed by atoms with Crippen molar-refractivity contribution < 1.29 is 19.8 Å². The van der Waals surface area contributed by atoms with Gasteiger partial charge < -0.3 is 15.5 Å². The molecule has 0 aromatic heterocycles. The molecular formula is C14H16ClNO4. The minimum atomic E-state index is -0.820. The maximum Gasteiger partial charge on any atom is 0.306 e. The molecule has 2 atom stereocenters. The summed E-state index contributed by atoms with van der Waals surface area (Å²) in [5, 5.41) is 21.5. The molecule has 20 heavy (non-hydrogen) atoms. The molecule has 2 rings (SSSR count). The predicted molar refractivity (Wildman–Crippen MR) is 74.0 cm³/mol. The third kappa shape index (κ3) is 3.42. The molecule has 5 nitrogen and oxygen atoms in total. The van der Waals surface area contributed by atoms with Crippen LogP contribution < -0.4 is 5.32 Å². The maximum absolute atomic E-state index is 12.1. The van der Waals surface area contributed by atoms with Gasteiger partial charge in [0.1, 0.15) is 5.75 Å². The fraction of sp³-hybridized carbons (Fsp3) is 0.429. The zero-order valence-electron chi connectivity index (χ0n) is 10.8. The summed E-state index contributed by atoms with van der Waals surface area (Å²) in [6, 6.07) is 3.98. The fourth-order valence-corrected chi connectivity index (χ4v) is 2.70. The number of benzene rings is 1. The van der Waals surface area contributed by atoms with Gasteiger partial charge in [-0.05, 0) is 37.5 Å². The van der Waals surface area contributed by atoms with Crippen LogP contribution in [-0.2, 0) is 4.79 Å². The number of carboxylic acid groups (broad SMARTS) is 1. The molecule has 2 unspecified atom stereocenters. The lowest BCUT2D eigenvalue weighted by atomic mass is 9.85. The molecule has 108 valence electrons. The first-order chi connectivity index (χ1) is 9.47. The molecule has 0 aliphatic heterocycles. The number of carboxylic acids is 1. The summed E-state index contributed by atoms with van der Waals surface area (Å²) in [5.74, 6) is -1.65. The molecule has 1 aliphatic rings. The Hall–Kier alpha value is -1.75. The summed E-state index contributed by atoms with van der Waals surface area (Å²) in [4.78, 5) is 23.1. The van der Waals surface area contributed by atoms with Gasteiger partial charge >= 0.3 is 5.97 Å². The van der Waals surface area contributed by atoms with Gasteiger partial charge in [0.05, 0.1) is 16.5 Å². The lowest BCUT2D eigenvalue weighted by Crippen LogP contribution is -2.40. The number of phenolic OH excluding ortho intramolecular Hbond substituents is 1. The minimum absolute atomic E-state index is 0.0355. The number of carbonyl (C=O) groups is 2. The second kappa shape index (κ2) is 6.13. The first-order valence-corrected chi connectivity index (χ1v) is 6.87. The van der Waals surface area contributed by atoms with Crippen LogP contribution in [0.5, 0.6) is 5.75 Å². The van der Waals surface area contributed by atoms with Crippen molar-refractivity contribution in [3.63, 3.8) is 0 Å². The predicted octanol–water partition coefficient (Wildman–Crippen LogP) is 2.42. The highest BCUT2D eigenvalue weighted by Crippen LogP contribution is 2.26. The largest absolute Gasteiger partial charge is 0.508 e. The van der Waals surface area contributed by atoms with Crippen LogP contribution in [0.4, 0.5) is 0 Å². The summed E-state index contributed by atoms with van der Waals surface area (Å²) in [7, 11) is 0. The third-order valence-electron chi connectivity index (χ3n) is 3.55. The molecule has 1 aromatic carbocycles. The van der Waals surface area contributed by atoms with Crippen molar-refractivity contribution in [1.29, 1.82) is 0 Å². The van der Waals surface area contributed by atoms with Crippen LogP contribution in [0.2, 0.25) is 5.02 Å². The van der Waals surface area contributed by atoms with Gasteiger partial charge in [0.15, 0.2) is 0 Å². The summed E-state index contributed by atoms with van der Waals surface area (Å²) in [6.45, 7) is 0. The van der Waals surface area contributed by atoms with E-state index < -0.39 is 11.9 Å². The lowest BCUT2D eigenvalue weighted by Gasteiger charge is -2.27. The van der Waals surface area contributed by atoms with Crippen LogP contribution in [0.3, 0.4) is 0 Å². The quantitative estimate of drug-likeness (QED) is 0.799. The summed E-state index contributed by atoms with van der Waals surface area (Å²) in [6.07, 6.45) is 2.60. The van der Waals surface area contributed by atoms with E-state index in [4.69, 9.17) is 16.7 Å². The Balaban J connectivity index is 2.04. The van der Waals surface area contributed by atoms with Crippen LogP contribution in [0.15, 0.2) is 18.2 Å². The van der Waals surface area contributed by atoms with E-state index in [1.807, 2.05) is 0 Å². The molecular weight excluding hydrogens is 282 g/mol. The molecule has 1 saturated carbocycles. The van der Waals surface area contributed by atoms with Crippen molar-refractivity contribution in [2.75, 3.05) is 0 Å². The molecule has 0 heterocycles. The van der Waals surface area contributed by atoms with Gasteiger partial charge in [-0.3, -0.25) is 9.59 Å². The molecule has 0 saturated heterocycles. The Bertz CT molecular complexity index is 532. The van der Waals surface area contributed by atoms with Gasteiger partial charge in [-0.25, -0.2) is 0 Å². The van der Waals surface area contributed by atoms with Gasteiger partial charge in [0.2, 0.25) is 0 Å².